The highest BCUT2D eigenvalue weighted by Gasteiger charge is 2.43. The van der Waals surface area contributed by atoms with E-state index in [4.69, 9.17) is 9.47 Å². The molecule has 1 N–H and O–H groups in total. The highest BCUT2D eigenvalue weighted by Crippen LogP contribution is 2.37. The van der Waals surface area contributed by atoms with Crippen LogP contribution in [0.4, 0.5) is 0 Å². The summed E-state index contributed by atoms with van der Waals surface area (Å²) in [5, 5.41) is 3.30. The summed E-state index contributed by atoms with van der Waals surface area (Å²) in [6.45, 7) is 2.52. The molecule has 0 aromatic carbocycles. The Hall–Kier alpha value is -0.610. The van der Waals surface area contributed by atoms with Crippen LogP contribution in [-0.4, -0.2) is 38.4 Å². The predicted octanol–water partition coefficient (Wildman–Crippen LogP) is 0.318. The van der Waals surface area contributed by atoms with Gasteiger partial charge in [-0.3, -0.25) is 4.79 Å². The van der Waals surface area contributed by atoms with Crippen molar-refractivity contribution in [3.8, 4) is 0 Å². The van der Waals surface area contributed by atoms with Crippen LogP contribution in [0.5, 0.6) is 0 Å². The molecular formula is C10H17NO3. The Morgan fingerprint density at radius 1 is 1.50 bits per heavy atom. The summed E-state index contributed by atoms with van der Waals surface area (Å²) in [4.78, 5) is 11.3. The maximum absolute atomic E-state index is 11.3. The van der Waals surface area contributed by atoms with Crippen molar-refractivity contribution in [3.63, 3.8) is 0 Å². The van der Waals surface area contributed by atoms with Gasteiger partial charge in [-0.15, -0.1) is 0 Å². The van der Waals surface area contributed by atoms with Gasteiger partial charge in [0.1, 0.15) is 0 Å². The third kappa shape index (κ3) is 1.77. The number of hydrogen-bond donors (Lipinski definition) is 1. The highest BCUT2D eigenvalue weighted by molar-refractivity contribution is 5.72. The van der Waals surface area contributed by atoms with E-state index >= 15 is 0 Å². The lowest BCUT2D eigenvalue weighted by atomic mass is 9.86. The second-order valence-electron chi connectivity index (χ2n) is 4.17. The van der Waals surface area contributed by atoms with Crippen molar-refractivity contribution in [2.75, 3.05) is 26.8 Å². The topological polar surface area (TPSA) is 47.6 Å². The average molecular weight is 199 g/mol. The van der Waals surface area contributed by atoms with E-state index in [0.717, 1.165) is 32.4 Å². The van der Waals surface area contributed by atoms with Crippen LogP contribution in [0.25, 0.3) is 0 Å². The Balaban J connectivity index is 1.95. The number of rotatable bonds is 1. The van der Waals surface area contributed by atoms with E-state index in [1.807, 2.05) is 0 Å². The van der Waals surface area contributed by atoms with Crippen LogP contribution in [-0.2, 0) is 14.3 Å². The summed E-state index contributed by atoms with van der Waals surface area (Å²) in [6, 6.07) is 0. The summed E-state index contributed by atoms with van der Waals surface area (Å²) in [7, 11) is 1.44. The van der Waals surface area contributed by atoms with Crippen molar-refractivity contribution < 1.29 is 14.3 Å². The lowest BCUT2D eigenvalue weighted by Gasteiger charge is -2.32. The standard InChI is InChI=1S/C10H17NO3/c1-13-9(12)8-6-10(14-7-8)2-4-11-5-3-10/h8,11H,2-7H2,1H3. The number of esters is 1. The molecule has 2 aliphatic heterocycles. The molecule has 1 spiro atoms. The lowest BCUT2D eigenvalue weighted by molar-refractivity contribution is -0.145. The molecule has 2 fully saturated rings. The van der Waals surface area contributed by atoms with Gasteiger partial charge in [0.05, 0.1) is 25.2 Å². The second kappa shape index (κ2) is 3.87. The molecule has 0 aliphatic carbocycles. The number of hydrogen-bond acceptors (Lipinski definition) is 4. The minimum atomic E-state index is -0.125. The summed E-state index contributed by atoms with van der Waals surface area (Å²) in [5.74, 6) is -0.168. The number of methoxy groups -OCH3 is 1. The molecule has 0 saturated carbocycles. The van der Waals surface area contributed by atoms with Crippen molar-refractivity contribution in [1.82, 2.24) is 5.32 Å². The van der Waals surface area contributed by atoms with Crippen molar-refractivity contribution >= 4 is 5.97 Å². The Labute approximate surface area is 84.0 Å². The summed E-state index contributed by atoms with van der Waals surface area (Å²) in [5.41, 5.74) is -0.0376. The first-order valence-corrected chi connectivity index (χ1v) is 5.18. The summed E-state index contributed by atoms with van der Waals surface area (Å²) < 4.78 is 10.5. The normalized spacial score (nSPS) is 30.5. The fourth-order valence-electron chi connectivity index (χ4n) is 2.39. The van der Waals surface area contributed by atoms with Gasteiger partial charge >= 0.3 is 5.97 Å². The van der Waals surface area contributed by atoms with Crippen LogP contribution in [0.2, 0.25) is 0 Å². The summed E-state index contributed by atoms with van der Waals surface area (Å²) >= 11 is 0. The molecule has 0 radical (unpaired) electrons. The van der Waals surface area contributed by atoms with Gasteiger partial charge in [-0.1, -0.05) is 0 Å². The molecular weight excluding hydrogens is 182 g/mol. The van der Waals surface area contributed by atoms with Gasteiger partial charge in [-0.05, 0) is 32.4 Å². The average Bonchev–Trinajstić information content (AvgIpc) is 2.62. The number of piperidine rings is 1. The number of carbonyl (C=O) groups is 1. The van der Waals surface area contributed by atoms with E-state index in [-0.39, 0.29) is 17.5 Å². The molecule has 2 heterocycles. The Bertz CT molecular complexity index is 223. The number of ether oxygens (including phenoxy) is 2. The second-order valence-corrected chi connectivity index (χ2v) is 4.17. The van der Waals surface area contributed by atoms with Crippen LogP contribution in [0.1, 0.15) is 19.3 Å². The molecule has 2 aliphatic rings. The molecule has 1 atom stereocenters. The van der Waals surface area contributed by atoms with Gasteiger partial charge in [0.25, 0.3) is 0 Å². The van der Waals surface area contributed by atoms with Crippen LogP contribution in [0.3, 0.4) is 0 Å². The molecule has 4 nitrogen and oxygen atoms in total. The molecule has 80 valence electrons. The molecule has 0 aromatic heterocycles. The monoisotopic (exact) mass is 199 g/mol. The van der Waals surface area contributed by atoms with Crippen molar-refractivity contribution in [3.05, 3.63) is 0 Å². The fourth-order valence-corrected chi connectivity index (χ4v) is 2.39. The van der Waals surface area contributed by atoms with E-state index in [2.05, 4.69) is 5.32 Å². The highest BCUT2D eigenvalue weighted by atomic mass is 16.5. The van der Waals surface area contributed by atoms with E-state index in [1.54, 1.807) is 0 Å². The van der Waals surface area contributed by atoms with Gasteiger partial charge in [-0.25, -0.2) is 0 Å². The minimum absolute atomic E-state index is 0.0376. The zero-order valence-corrected chi connectivity index (χ0v) is 8.54. The fraction of sp³-hybridized carbons (Fsp3) is 0.900. The number of nitrogens with one attached hydrogen (secondary N) is 1. The van der Waals surface area contributed by atoms with Crippen LogP contribution >= 0.6 is 0 Å². The maximum atomic E-state index is 11.3. The van der Waals surface area contributed by atoms with Gasteiger partial charge in [0.2, 0.25) is 0 Å². The van der Waals surface area contributed by atoms with Crippen molar-refractivity contribution in [1.29, 1.82) is 0 Å². The van der Waals surface area contributed by atoms with Gasteiger partial charge in [-0.2, -0.15) is 0 Å². The predicted molar refractivity (Wildman–Crippen MR) is 50.9 cm³/mol. The largest absolute Gasteiger partial charge is 0.469 e. The minimum Gasteiger partial charge on any atom is -0.469 e. The Kier molecular flexibility index (Phi) is 2.74. The first-order valence-electron chi connectivity index (χ1n) is 5.18. The third-order valence-electron chi connectivity index (χ3n) is 3.26. The van der Waals surface area contributed by atoms with Gasteiger partial charge < -0.3 is 14.8 Å². The first-order chi connectivity index (χ1) is 6.76. The molecule has 0 aromatic rings. The maximum Gasteiger partial charge on any atom is 0.311 e. The van der Waals surface area contributed by atoms with Crippen LogP contribution in [0, 0.1) is 5.92 Å². The van der Waals surface area contributed by atoms with E-state index in [0.29, 0.717) is 6.61 Å². The molecule has 2 rings (SSSR count). The van der Waals surface area contributed by atoms with Gasteiger partial charge in [0.15, 0.2) is 0 Å². The molecule has 2 saturated heterocycles. The third-order valence-corrected chi connectivity index (χ3v) is 3.26. The van der Waals surface area contributed by atoms with E-state index < -0.39 is 0 Å². The first kappa shape index (κ1) is 9.93. The van der Waals surface area contributed by atoms with E-state index in [1.165, 1.54) is 7.11 Å². The number of carbonyl (C=O) groups excluding carboxylic acids is 1. The molecule has 4 heteroatoms. The zero-order valence-electron chi connectivity index (χ0n) is 8.54. The van der Waals surface area contributed by atoms with Crippen molar-refractivity contribution in [2.24, 2.45) is 5.92 Å². The van der Waals surface area contributed by atoms with Crippen LogP contribution in [0.15, 0.2) is 0 Å². The summed E-state index contributed by atoms with van der Waals surface area (Å²) in [6.07, 6.45) is 2.86. The molecule has 14 heavy (non-hydrogen) atoms. The molecule has 1 unspecified atom stereocenters. The smallest absolute Gasteiger partial charge is 0.311 e. The lowest BCUT2D eigenvalue weighted by Crippen LogP contribution is -2.41. The Morgan fingerprint density at radius 2 is 2.21 bits per heavy atom. The SMILES string of the molecule is COC(=O)C1COC2(CCNCC2)C1. The molecule has 0 amide bonds. The van der Waals surface area contributed by atoms with E-state index in [9.17, 15) is 4.79 Å². The van der Waals surface area contributed by atoms with Crippen LogP contribution < -0.4 is 5.32 Å². The van der Waals surface area contributed by atoms with Crippen molar-refractivity contribution in [2.45, 2.75) is 24.9 Å². The van der Waals surface area contributed by atoms with Gasteiger partial charge in [0, 0.05) is 0 Å². The molecule has 0 bridgehead atoms. The quantitative estimate of drug-likeness (QED) is 0.618. The Morgan fingerprint density at radius 3 is 2.86 bits per heavy atom. The zero-order chi connectivity index (χ0) is 10.0.